The zero-order valence-corrected chi connectivity index (χ0v) is 11.8. The second kappa shape index (κ2) is 6.60. The Balaban J connectivity index is 2.99. The van der Waals surface area contributed by atoms with Crippen molar-refractivity contribution in [2.75, 3.05) is 18.0 Å². The fraction of sp³-hybridized carbons (Fsp3) is 0.500. The van der Waals surface area contributed by atoms with Gasteiger partial charge in [0.25, 0.3) is 0 Å². The summed E-state index contributed by atoms with van der Waals surface area (Å²) in [5.41, 5.74) is 9.14. The Morgan fingerprint density at radius 1 is 1.24 bits per heavy atom. The highest BCUT2D eigenvalue weighted by Crippen LogP contribution is 2.22. The van der Waals surface area contributed by atoms with Crippen molar-refractivity contribution in [1.29, 1.82) is 0 Å². The number of nitrogens with zero attached hydrogens (tertiary/aromatic N) is 1. The number of thiocarbonyl (C=S) groups is 1. The number of rotatable bonds is 6. The summed E-state index contributed by atoms with van der Waals surface area (Å²) in [6.07, 6.45) is 2.33. The predicted octanol–water partition coefficient (Wildman–Crippen LogP) is 3.26. The maximum absolute atomic E-state index is 5.64. The largest absolute Gasteiger partial charge is 0.389 e. The molecular weight excluding hydrogens is 228 g/mol. The molecule has 0 fully saturated rings. The quantitative estimate of drug-likeness (QED) is 0.786. The average molecular weight is 250 g/mol. The molecule has 2 N–H and O–H groups in total. The molecular formula is C14H22N2S. The second-order valence-electron chi connectivity index (χ2n) is 4.35. The Kier molecular flexibility index (Phi) is 5.42. The van der Waals surface area contributed by atoms with Crippen LogP contribution in [0.1, 0.15) is 37.8 Å². The van der Waals surface area contributed by atoms with Crippen LogP contribution in [0.4, 0.5) is 5.69 Å². The molecule has 1 rings (SSSR count). The van der Waals surface area contributed by atoms with Crippen LogP contribution in [0.3, 0.4) is 0 Å². The zero-order valence-electron chi connectivity index (χ0n) is 11.0. The highest BCUT2D eigenvalue weighted by molar-refractivity contribution is 7.80. The van der Waals surface area contributed by atoms with Crippen LogP contribution in [0.25, 0.3) is 0 Å². The number of hydrogen-bond donors (Lipinski definition) is 1. The molecule has 0 aliphatic heterocycles. The van der Waals surface area contributed by atoms with Crippen LogP contribution in [0.15, 0.2) is 18.2 Å². The van der Waals surface area contributed by atoms with Crippen molar-refractivity contribution in [3.63, 3.8) is 0 Å². The standard InChI is InChI=1S/C14H22N2S/c1-4-8-16(9-5-2)13-7-6-12(14(15)17)10-11(13)3/h6-7,10H,4-5,8-9H2,1-3H3,(H2,15,17). The lowest BCUT2D eigenvalue weighted by molar-refractivity contribution is 0.743. The molecule has 2 nitrogen and oxygen atoms in total. The molecule has 17 heavy (non-hydrogen) atoms. The van der Waals surface area contributed by atoms with Gasteiger partial charge in [-0.05, 0) is 43.5 Å². The van der Waals surface area contributed by atoms with E-state index in [-0.39, 0.29) is 0 Å². The van der Waals surface area contributed by atoms with E-state index in [1.54, 1.807) is 0 Å². The predicted molar refractivity (Wildman–Crippen MR) is 79.9 cm³/mol. The Labute approximate surface area is 110 Å². The van der Waals surface area contributed by atoms with Crippen LogP contribution in [-0.4, -0.2) is 18.1 Å². The number of nitrogens with two attached hydrogens (primary N) is 1. The summed E-state index contributed by atoms with van der Waals surface area (Å²) >= 11 is 5.00. The van der Waals surface area contributed by atoms with Crippen molar-refractivity contribution in [2.45, 2.75) is 33.6 Å². The van der Waals surface area contributed by atoms with E-state index in [1.165, 1.54) is 11.3 Å². The van der Waals surface area contributed by atoms with Crippen molar-refractivity contribution in [1.82, 2.24) is 0 Å². The van der Waals surface area contributed by atoms with Crippen LogP contribution >= 0.6 is 12.2 Å². The van der Waals surface area contributed by atoms with E-state index < -0.39 is 0 Å². The van der Waals surface area contributed by atoms with Gasteiger partial charge < -0.3 is 10.6 Å². The topological polar surface area (TPSA) is 29.3 Å². The van der Waals surface area contributed by atoms with E-state index in [2.05, 4.69) is 37.8 Å². The van der Waals surface area contributed by atoms with Gasteiger partial charge >= 0.3 is 0 Å². The van der Waals surface area contributed by atoms with Gasteiger partial charge in [0.2, 0.25) is 0 Å². The lowest BCUT2D eigenvalue weighted by Crippen LogP contribution is -2.25. The second-order valence-corrected chi connectivity index (χ2v) is 4.79. The molecule has 3 heteroatoms. The van der Waals surface area contributed by atoms with Gasteiger partial charge in [-0.25, -0.2) is 0 Å². The van der Waals surface area contributed by atoms with E-state index in [9.17, 15) is 0 Å². The van der Waals surface area contributed by atoms with Gasteiger partial charge in [-0.3, -0.25) is 0 Å². The minimum absolute atomic E-state index is 0.470. The fourth-order valence-corrected chi connectivity index (χ4v) is 2.18. The SMILES string of the molecule is CCCN(CCC)c1ccc(C(N)=S)cc1C. The number of anilines is 1. The monoisotopic (exact) mass is 250 g/mol. The lowest BCUT2D eigenvalue weighted by atomic mass is 10.1. The molecule has 0 aromatic heterocycles. The Morgan fingerprint density at radius 2 is 1.82 bits per heavy atom. The molecule has 0 spiro atoms. The number of hydrogen-bond acceptors (Lipinski definition) is 2. The number of benzene rings is 1. The highest BCUT2D eigenvalue weighted by atomic mass is 32.1. The maximum atomic E-state index is 5.64. The molecule has 0 heterocycles. The van der Waals surface area contributed by atoms with E-state index in [1.807, 2.05) is 6.07 Å². The molecule has 1 aromatic rings. The summed E-state index contributed by atoms with van der Waals surface area (Å²) in [7, 11) is 0. The van der Waals surface area contributed by atoms with Crippen LogP contribution in [-0.2, 0) is 0 Å². The summed E-state index contributed by atoms with van der Waals surface area (Å²) in [6, 6.07) is 6.23. The smallest absolute Gasteiger partial charge is 0.103 e. The first kappa shape index (κ1) is 14.0. The molecule has 0 bridgehead atoms. The summed E-state index contributed by atoms with van der Waals surface area (Å²) in [5, 5.41) is 0. The van der Waals surface area contributed by atoms with E-state index in [4.69, 9.17) is 18.0 Å². The van der Waals surface area contributed by atoms with Gasteiger partial charge in [0.05, 0.1) is 0 Å². The number of aryl methyl sites for hydroxylation is 1. The molecule has 0 amide bonds. The third-order valence-electron chi connectivity index (χ3n) is 2.81. The molecule has 94 valence electrons. The third-order valence-corrected chi connectivity index (χ3v) is 3.04. The summed E-state index contributed by atoms with van der Waals surface area (Å²) in [5.74, 6) is 0. The van der Waals surface area contributed by atoms with Crippen molar-refractivity contribution < 1.29 is 0 Å². The van der Waals surface area contributed by atoms with E-state index in [0.29, 0.717) is 4.99 Å². The molecule has 0 saturated carbocycles. The molecule has 0 atom stereocenters. The minimum atomic E-state index is 0.470. The van der Waals surface area contributed by atoms with Crippen LogP contribution in [0, 0.1) is 6.92 Å². The molecule has 0 saturated heterocycles. The Morgan fingerprint density at radius 3 is 2.24 bits per heavy atom. The van der Waals surface area contributed by atoms with E-state index in [0.717, 1.165) is 31.5 Å². The normalized spacial score (nSPS) is 10.3. The van der Waals surface area contributed by atoms with E-state index >= 15 is 0 Å². The molecule has 0 unspecified atom stereocenters. The zero-order chi connectivity index (χ0) is 12.8. The molecule has 0 aliphatic carbocycles. The third kappa shape index (κ3) is 3.70. The summed E-state index contributed by atoms with van der Waals surface area (Å²) < 4.78 is 0. The van der Waals surface area contributed by atoms with Crippen LogP contribution < -0.4 is 10.6 Å². The highest BCUT2D eigenvalue weighted by Gasteiger charge is 2.08. The summed E-state index contributed by atoms with van der Waals surface area (Å²) in [6.45, 7) is 8.74. The fourth-order valence-electron chi connectivity index (χ4n) is 2.06. The van der Waals surface area contributed by atoms with Gasteiger partial charge in [0, 0.05) is 24.3 Å². The van der Waals surface area contributed by atoms with Crippen molar-refractivity contribution in [2.24, 2.45) is 5.73 Å². The van der Waals surface area contributed by atoms with Crippen molar-refractivity contribution in [3.05, 3.63) is 29.3 Å². The van der Waals surface area contributed by atoms with Gasteiger partial charge in [-0.1, -0.05) is 26.1 Å². The minimum Gasteiger partial charge on any atom is -0.389 e. The Bertz CT molecular complexity index is 382. The van der Waals surface area contributed by atoms with Gasteiger partial charge in [-0.2, -0.15) is 0 Å². The van der Waals surface area contributed by atoms with Gasteiger partial charge in [0.15, 0.2) is 0 Å². The summed E-state index contributed by atoms with van der Waals surface area (Å²) in [4.78, 5) is 2.90. The first-order valence-corrected chi connectivity index (χ1v) is 6.66. The first-order chi connectivity index (χ1) is 8.10. The van der Waals surface area contributed by atoms with Gasteiger partial charge in [0.1, 0.15) is 4.99 Å². The van der Waals surface area contributed by atoms with Crippen LogP contribution in [0.5, 0.6) is 0 Å². The molecule has 1 aromatic carbocycles. The molecule has 0 aliphatic rings. The Hall–Kier alpha value is -1.09. The average Bonchev–Trinajstić information content (AvgIpc) is 2.28. The van der Waals surface area contributed by atoms with Crippen molar-refractivity contribution >= 4 is 22.9 Å². The first-order valence-electron chi connectivity index (χ1n) is 6.25. The molecule has 0 radical (unpaired) electrons. The lowest BCUT2D eigenvalue weighted by Gasteiger charge is -2.26. The maximum Gasteiger partial charge on any atom is 0.103 e. The van der Waals surface area contributed by atoms with Crippen LogP contribution in [0.2, 0.25) is 0 Å². The van der Waals surface area contributed by atoms with Crippen molar-refractivity contribution in [3.8, 4) is 0 Å². The van der Waals surface area contributed by atoms with Gasteiger partial charge in [-0.15, -0.1) is 0 Å².